The second kappa shape index (κ2) is 14.7. The Morgan fingerprint density at radius 2 is 0.578 bits per heavy atom. The van der Waals surface area contributed by atoms with Crippen LogP contribution < -0.4 is 18.4 Å². The Morgan fingerprint density at radius 3 is 1.12 bits per heavy atom. The van der Waals surface area contributed by atoms with Crippen molar-refractivity contribution in [1.82, 2.24) is 13.7 Å². The van der Waals surface area contributed by atoms with Gasteiger partial charge in [-0.1, -0.05) is 0 Å². The van der Waals surface area contributed by atoms with Crippen LogP contribution in [0.5, 0.6) is 0 Å². The fraction of sp³-hybridized carbons (Fsp3) is 0. The number of hydrogen-bond acceptors (Lipinski definition) is 0. The summed E-state index contributed by atoms with van der Waals surface area (Å²) < 4.78 is 13.0. The summed E-state index contributed by atoms with van der Waals surface area (Å²) in [5.74, 6) is 0. The minimum atomic E-state index is -3.74. The van der Waals surface area contributed by atoms with Gasteiger partial charge in [0.2, 0.25) is 0 Å². The summed E-state index contributed by atoms with van der Waals surface area (Å²) in [5, 5.41) is 7.50. The number of nitrogens with zero attached hydrogens (tertiary/aromatic N) is 3. The molecular weight excluding hydrogens is 890 g/mol. The number of rotatable bonds is 7. The molecule has 0 atom stereocenters. The molecule has 0 spiro atoms. The molecule has 64 heavy (non-hydrogen) atoms. The van der Waals surface area contributed by atoms with Crippen LogP contribution in [0.2, 0.25) is 0 Å². The number of para-hydroxylation sites is 5. The monoisotopic (exact) mass is 930 g/mol. The molecule has 0 saturated carbocycles. The molecule has 4 heteroatoms. The first-order valence-electron chi connectivity index (χ1n) is 21.9. The maximum atomic E-state index is 2.55. The molecule has 0 aliphatic rings. The summed E-state index contributed by atoms with van der Waals surface area (Å²) in [6, 6.07) is 92.7. The predicted octanol–water partition coefficient (Wildman–Crippen LogP) is 11.9. The van der Waals surface area contributed by atoms with Gasteiger partial charge in [0.15, 0.2) is 0 Å². The van der Waals surface area contributed by atoms with Gasteiger partial charge >= 0.3 is 378 Å². The van der Waals surface area contributed by atoms with E-state index in [2.05, 4.69) is 262 Å². The molecule has 13 aromatic rings. The maximum absolute atomic E-state index is 3.74. The summed E-state index contributed by atoms with van der Waals surface area (Å²) in [4.78, 5) is 0. The molecule has 0 amide bonds. The fourth-order valence-corrected chi connectivity index (χ4v) is 20.7. The second-order valence-corrected chi connectivity index (χ2v) is 24.6. The second-order valence-electron chi connectivity index (χ2n) is 16.4. The summed E-state index contributed by atoms with van der Waals surface area (Å²) in [5.41, 5.74) is 10.7. The van der Waals surface area contributed by atoms with Crippen molar-refractivity contribution >= 4 is 65.4 Å². The molecule has 10 aromatic carbocycles. The van der Waals surface area contributed by atoms with E-state index in [-0.39, 0.29) is 0 Å². The number of benzene rings is 10. The van der Waals surface area contributed by atoms with Crippen molar-refractivity contribution in [1.29, 1.82) is 0 Å². The SMILES string of the molecule is c1ccc(-n2c3ccccc3c3ccc([I-](c4ccccc4)(c4ccccc4)c4cccc(-n5c6ccccc6c6ccc7c8ccccc8n(-c8ccccc8)c7c65)c4)cc32)cc1. The Morgan fingerprint density at radius 1 is 0.219 bits per heavy atom. The van der Waals surface area contributed by atoms with Crippen molar-refractivity contribution in [3.05, 3.63) is 263 Å². The molecular formula is C60H41IN3-. The van der Waals surface area contributed by atoms with Gasteiger partial charge in [0.05, 0.1) is 0 Å². The predicted molar refractivity (Wildman–Crippen MR) is 264 cm³/mol. The van der Waals surface area contributed by atoms with E-state index in [1.54, 1.807) is 0 Å². The van der Waals surface area contributed by atoms with Crippen LogP contribution in [0.25, 0.3) is 82.5 Å². The fourth-order valence-electron chi connectivity index (χ4n) is 10.3. The van der Waals surface area contributed by atoms with E-state index in [4.69, 9.17) is 0 Å². The van der Waals surface area contributed by atoms with Gasteiger partial charge in [0.1, 0.15) is 0 Å². The zero-order valence-corrected chi connectivity index (χ0v) is 37.0. The molecule has 3 nitrogen and oxygen atoms in total. The average Bonchev–Trinajstić information content (AvgIpc) is 4.01. The molecule has 0 unspecified atom stereocenters. The zero-order chi connectivity index (χ0) is 42.2. The van der Waals surface area contributed by atoms with E-state index in [0.717, 1.165) is 17.1 Å². The Labute approximate surface area is 375 Å². The quantitative estimate of drug-likeness (QED) is 0.142. The third-order valence-corrected chi connectivity index (χ3v) is 23.2. The molecule has 304 valence electrons. The first-order valence-corrected chi connectivity index (χ1v) is 26.2. The van der Waals surface area contributed by atoms with Crippen LogP contribution in [0, 0.1) is 14.3 Å². The molecule has 3 heterocycles. The van der Waals surface area contributed by atoms with E-state index in [1.807, 2.05) is 0 Å². The van der Waals surface area contributed by atoms with Crippen LogP contribution in [0.1, 0.15) is 0 Å². The Balaban J connectivity index is 1.15. The van der Waals surface area contributed by atoms with Gasteiger partial charge in [-0.15, -0.1) is 0 Å². The van der Waals surface area contributed by atoms with Gasteiger partial charge in [-0.3, -0.25) is 0 Å². The normalized spacial score (nSPS) is 12.3. The number of aromatic nitrogens is 3. The summed E-state index contributed by atoms with van der Waals surface area (Å²) in [7, 11) is 0. The van der Waals surface area contributed by atoms with Crippen LogP contribution in [-0.4, -0.2) is 13.7 Å². The van der Waals surface area contributed by atoms with Crippen LogP contribution >= 0.6 is 0 Å². The molecule has 0 bridgehead atoms. The molecule has 0 N–H and O–H groups in total. The molecule has 3 aromatic heterocycles. The Kier molecular flexibility index (Phi) is 8.50. The van der Waals surface area contributed by atoms with Gasteiger partial charge < -0.3 is 0 Å². The molecule has 0 radical (unpaired) electrons. The van der Waals surface area contributed by atoms with Crippen molar-refractivity contribution < 1.29 is 18.4 Å². The Hall–Kier alpha value is -7.67. The van der Waals surface area contributed by atoms with E-state index in [9.17, 15) is 0 Å². The summed E-state index contributed by atoms with van der Waals surface area (Å²) in [6.45, 7) is 0. The van der Waals surface area contributed by atoms with Crippen LogP contribution in [0.3, 0.4) is 0 Å². The first kappa shape index (κ1) is 36.9. The van der Waals surface area contributed by atoms with Crippen molar-refractivity contribution in [3.63, 3.8) is 0 Å². The van der Waals surface area contributed by atoms with Crippen molar-refractivity contribution in [2.24, 2.45) is 0 Å². The van der Waals surface area contributed by atoms with E-state index >= 15 is 0 Å². The topological polar surface area (TPSA) is 14.8 Å². The summed E-state index contributed by atoms with van der Waals surface area (Å²) in [6.07, 6.45) is 0. The van der Waals surface area contributed by atoms with Gasteiger partial charge in [-0.05, 0) is 0 Å². The zero-order valence-electron chi connectivity index (χ0n) is 34.9. The first-order chi connectivity index (χ1) is 31.8. The third-order valence-electron chi connectivity index (χ3n) is 13.0. The van der Waals surface area contributed by atoms with E-state index in [0.29, 0.717) is 0 Å². The van der Waals surface area contributed by atoms with Gasteiger partial charge in [-0.2, -0.15) is 0 Å². The number of hydrogen-bond donors (Lipinski definition) is 0. The Bertz CT molecular complexity index is 3840. The van der Waals surface area contributed by atoms with Crippen molar-refractivity contribution in [2.45, 2.75) is 0 Å². The summed E-state index contributed by atoms with van der Waals surface area (Å²) >= 11 is -3.74. The molecule has 13 rings (SSSR count). The molecule has 0 saturated heterocycles. The molecule has 0 aliphatic carbocycles. The number of halogens is 1. The van der Waals surface area contributed by atoms with E-state index < -0.39 is 18.4 Å². The number of fused-ring (bicyclic) bond motifs is 10. The van der Waals surface area contributed by atoms with Crippen molar-refractivity contribution in [3.8, 4) is 17.1 Å². The third kappa shape index (κ3) is 5.39. The average molecular weight is 931 g/mol. The minimum absolute atomic E-state index is 1.15. The van der Waals surface area contributed by atoms with Gasteiger partial charge in [0.25, 0.3) is 0 Å². The van der Waals surface area contributed by atoms with Crippen LogP contribution in [0.15, 0.2) is 249 Å². The van der Waals surface area contributed by atoms with Crippen molar-refractivity contribution in [2.75, 3.05) is 0 Å². The van der Waals surface area contributed by atoms with Crippen LogP contribution in [0.4, 0.5) is 0 Å². The molecule has 0 aliphatic heterocycles. The van der Waals surface area contributed by atoms with Gasteiger partial charge in [0, 0.05) is 0 Å². The van der Waals surface area contributed by atoms with E-state index in [1.165, 1.54) is 79.7 Å². The standard InChI is InChI=1S/C60H41IN3/c1-5-20-42(21-6-1)61(43-22-7-2-8-23-43,45-36-37-52-49-30-13-16-33-55(49)62(58(52)41-45)46-25-9-3-10-26-46)44-24-19-29-48(40-44)64-57-35-18-15-32-51(57)54-39-38-53-50-31-14-17-34-56(50)63(59(53)60(54)64)47-27-11-4-12-28-47/h1-41H/q-1. The molecule has 0 fully saturated rings. The van der Waals surface area contributed by atoms with Gasteiger partial charge in [-0.25, -0.2) is 0 Å². The van der Waals surface area contributed by atoms with Crippen LogP contribution in [-0.2, 0) is 0 Å².